The summed E-state index contributed by atoms with van der Waals surface area (Å²) in [7, 11) is 1.51. The molecule has 0 aliphatic carbocycles. The molecule has 0 atom stereocenters. The smallest absolute Gasteiger partial charge is 0.289 e. The number of nitrogens with one attached hydrogen (secondary N) is 1. The molecular weight excluding hydrogens is 358 g/mol. The van der Waals surface area contributed by atoms with Crippen molar-refractivity contribution < 1.29 is 18.5 Å². The molecule has 0 saturated carbocycles. The molecule has 0 aliphatic rings. The molecule has 0 unspecified atom stereocenters. The summed E-state index contributed by atoms with van der Waals surface area (Å²) in [6, 6.07) is 12.0. The SMILES string of the molecule is Cc1cc(NC(=O)CN(C)C(=O)c2ccc(-c3ccccc3Cl)o2)no1. The fourth-order valence-corrected chi connectivity index (χ4v) is 2.57. The molecule has 7 nitrogen and oxygen atoms in total. The Morgan fingerprint density at radius 2 is 2.00 bits per heavy atom. The number of hydrogen-bond acceptors (Lipinski definition) is 5. The highest BCUT2D eigenvalue weighted by atomic mass is 35.5. The van der Waals surface area contributed by atoms with E-state index in [1.165, 1.54) is 11.9 Å². The zero-order valence-corrected chi connectivity index (χ0v) is 14.9. The Balaban J connectivity index is 1.65. The van der Waals surface area contributed by atoms with E-state index in [1.54, 1.807) is 37.3 Å². The summed E-state index contributed by atoms with van der Waals surface area (Å²) in [6.07, 6.45) is 0. The van der Waals surface area contributed by atoms with Crippen LogP contribution in [0.2, 0.25) is 5.02 Å². The van der Waals surface area contributed by atoms with Gasteiger partial charge < -0.3 is 19.2 Å². The number of halogens is 1. The van der Waals surface area contributed by atoms with Gasteiger partial charge in [0.25, 0.3) is 5.91 Å². The largest absolute Gasteiger partial charge is 0.451 e. The maximum absolute atomic E-state index is 12.5. The van der Waals surface area contributed by atoms with Gasteiger partial charge in [-0.15, -0.1) is 0 Å². The summed E-state index contributed by atoms with van der Waals surface area (Å²) in [5.74, 6) is 0.656. The Kier molecular flexibility index (Phi) is 5.09. The maximum Gasteiger partial charge on any atom is 0.289 e. The summed E-state index contributed by atoms with van der Waals surface area (Å²) in [6.45, 7) is 1.55. The van der Waals surface area contributed by atoms with Gasteiger partial charge in [0.2, 0.25) is 5.91 Å². The van der Waals surface area contributed by atoms with Crippen LogP contribution in [0.25, 0.3) is 11.3 Å². The third kappa shape index (κ3) is 3.94. The van der Waals surface area contributed by atoms with Crippen molar-refractivity contribution in [2.24, 2.45) is 0 Å². The molecular formula is C18H16ClN3O4. The molecule has 3 aromatic rings. The van der Waals surface area contributed by atoms with Crippen molar-refractivity contribution in [1.82, 2.24) is 10.1 Å². The standard InChI is InChI=1S/C18H16ClN3O4/c1-11-9-16(21-26-11)20-17(23)10-22(2)18(24)15-8-7-14(25-15)12-5-3-4-6-13(12)19/h3-9H,10H2,1-2H3,(H,20,21,23). The van der Waals surface area contributed by atoms with E-state index in [0.29, 0.717) is 27.9 Å². The van der Waals surface area contributed by atoms with Crippen LogP contribution in [0.15, 0.2) is 51.4 Å². The molecule has 3 rings (SSSR count). The van der Waals surface area contributed by atoms with E-state index < -0.39 is 11.8 Å². The maximum atomic E-state index is 12.5. The number of benzene rings is 1. The van der Waals surface area contributed by atoms with Gasteiger partial charge in [-0.1, -0.05) is 28.9 Å². The van der Waals surface area contributed by atoms with Crippen LogP contribution in [0.3, 0.4) is 0 Å². The lowest BCUT2D eigenvalue weighted by Crippen LogP contribution is -2.34. The lowest BCUT2D eigenvalue weighted by atomic mass is 10.2. The summed E-state index contributed by atoms with van der Waals surface area (Å²) < 4.78 is 10.5. The monoisotopic (exact) mass is 373 g/mol. The van der Waals surface area contributed by atoms with Crippen molar-refractivity contribution in [1.29, 1.82) is 0 Å². The van der Waals surface area contributed by atoms with Gasteiger partial charge in [-0.05, 0) is 31.2 Å². The molecule has 0 spiro atoms. The van der Waals surface area contributed by atoms with Crippen molar-refractivity contribution in [2.75, 3.05) is 18.9 Å². The van der Waals surface area contributed by atoms with Crippen LogP contribution in [0, 0.1) is 6.92 Å². The highest BCUT2D eigenvalue weighted by Crippen LogP contribution is 2.29. The number of rotatable bonds is 5. The Hall–Kier alpha value is -3.06. The fraction of sp³-hybridized carbons (Fsp3) is 0.167. The predicted octanol–water partition coefficient (Wildman–Crippen LogP) is 3.61. The molecule has 1 aromatic carbocycles. The molecule has 2 amide bonds. The van der Waals surface area contributed by atoms with E-state index in [0.717, 1.165) is 0 Å². The molecule has 134 valence electrons. The molecule has 26 heavy (non-hydrogen) atoms. The number of nitrogens with zero attached hydrogens (tertiary/aromatic N) is 2. The van der Waals surface area contributed by atoms with E-state index in [2.05, 4.69) is 10.5 Å². The summed E-state index contributed by atoms with van der Waals surface area (Å²) >= 11 is 6.14. The second-order valence-electron chi connectivity index (χ2n) is 5.68. The van der Waals surface area contributed by atoms with E-state index in [4.69, 9.17) is 20.5 Å². The second-order valence-corrected chi connectivity index (χ2v) is 6.08. The summed E-state index contributed by atoms with van der Waals surface area (Å²) in [4.78, 5) is 25.7. The van der Waals surface area contributed by atoms with Crippen LogP contribution in [-0.4, -0.2) is 35.5 Å². The highest BCUT2D eigenvalue weighted by Gasteiger charge is 2.20. The van der Waals surface area contributed by atoms with E-state index >= 15 is 0 Å². The molecule has 0 bridgehead atoms. The third-order valence-corrected chi connectivity index (χ3v) is 3.91. The second kappa shape index (κ2) is 7.45. The van der Waals surface area contributed by atoms with Crippen molar-refractivity contribution >= 4 is 29.2 Å². The molecule has 1 N–H and O–H groups in total. The number of aryl methyl sites for hydroxylation is 1. The van der Waals surface area contributed by atoms with Gasteiger partial charge in [-0.25, -0.2) is 0 Å². The van der Waals surface area contributed by atoms with Crippen LogP contribution in [0.1, 0.15) is 16.3 Å². The number of carbonyl (C=O) groups excluding carboxylic acids is 2. The molecule has 0 radical (unpaired) electrons. The van der Waals surface area contributed by atoms with Crippen LogP contribution < -0.4 is 5.32 Å². The van der Waals surface area contributed by atoms with Crippen LogP contribution >= 0.6 is 11.6 Å². The van der Waals surface area contributed by atoms with E-state index in [1.807, 2.05) is 12.1 Å². The Labute approximate surface area is 154 Å². The first-order chi connectivity index (χ1) is 12.4. The quantitative estimate of drug-likeness (QED) is 0.738. The molecule has 0 aliphatic heterocycles. The minimum Gasteiger partial charge on any atom is -0.451 e. The van der Waals surface area contributed by atoms with Gasteiger partial charge in [0.05, 0.1) is 5.02 Å². The fourth-order valence-electron chi connectivity index (χ4n) is 2.34. The summed E-state index contributed by atoms with van der Waals surface area (Å²) in [5.41, 5.74) is 0.690. The van der Waals surface area contributed by atoms with E-state index in [-0.39, 0.29) is 12.3 Å². The van der Waals surface area contributed by atoms with Gasteiger partial charge in [0.15, 0.2) is 11.6 Å². The van der Waals surface area contributed by atoms with Gasteiger partial charge in [-0.2, -0.15) is 0 Å². The lowest BCUT2D eigenvalue weighted by molar-refractivity contribution is -0.116. The molecule has 8 heteroatoms. The first-order valence-electron chi connectivity index (χ1n) is 7.77. The minimum atomic E-state index is -0.421. The highest BCUT2D eigenvalue weighted by molar-refractivity contribution is 6.33. The first kappa shape index (κ1) is 17.8. The zero-order chi connectivity index (χ0) is 18.7. The van der Waals surface area contributed by atoms with Gasteiger partial charge in [-0.3, -0.25) is 9.59 Å². The Bertz CT molecular complexity index is 947. The average Bonchev–Trinajstić information content (AvgIpc) is 3.23. The van der Waals surface area contributed by atoms with Crippen LogP contribution in [0.5, 0.6) is 0 Å². The average molecular weight is 374 g/mol. The van der Waals surface area contributed by atoms with Gasteiger partial charge in [0, 0.05) is 18.7 Å². The number of furan rings is 1. The van der Waals surface area contributed by atoms with Crippen LogP contribution in [0.4, 0.5) is 5.82 Å². The Morgan fingerprint density at radius 3 is 2.69 bits per heavy atom. The first-order valence-corrected chi connectivity index (χ1v) is 8.15. The topological polar surface area (TPSA) is 88.6 Å². The Morgan fingerprint density at radius 1 is 1.23 bits per heavy atom. The van der Waals surface area contributed by atoms with Crippen molar-refractivity contribution in [3.8, 4) is 11.3 Å². The normalized spacial score (nSPS) is 10.6. The molecule has 0 fully saturated rings. The molecule has 2 heterocycles. The third-order valence-electron chi connectivity index (χ3n) is 3.58. The predicted molar refractivity (Wildman–Crippen MR) is 96.0 cm³/mol. The number of anilines is 1. The van der Waals surface area contributed by atoms with Crippen molar-refractivity contribution in [2.45, 2.75) is 6.92 Å². The number of amides is 2. The number of likely N-dealkylation sites (N-methyl/N-ethyl adjacent to an activating group) is 1. The number of hydrogen-bond donors (Lipinski definition) is 1. The number of aromatic nitrogens is 1. The minimum absolute atomic E-state index is 0.118. The van der Waals surface area contributed by atoms with Gasteiger partial charge in [0.1, 0.15) is 18.1 Å². The zero-order valence-electron chi connectivity index (χ0n) is 14.2. The van der Waals surface area contributed by atoms with Crippen molar-refractivity contribution in [3.63, 3.8) is 0 Å². The summed E-state index contributed by atoms with van der Waals surface area (Å²) in [5, 5.41) is 6.75. The number of carbonyl (C=O) groups is 2. The molecule has 0 saturated heterocycles. The van der Waals surface area contributed by atoms with Crippen LogP contribution in [-0.2, 0) is 4.79 Å². The van der Waals surface area contributed by atoms with E-state index in [9.17, 15) is 9.59 Å². The molecule has 2 aromatic heterocycles. The lowest BCUT2D eigenvalue weighted by Gasteiger charge is -2.14. The van der Waals surface area contributed by atoms with Gasteiger partial charge >= 0.3 is 0 Å². The van der Waals surface area contributed by atoms with Crippen molar-refractivity contribution in [3.05, 3.63) is 59.0 Å².